The second-order valence-corrected chi connectivity index (χ2v) is 2.95. The van der Waals surface area contributed by atoms with Crippen LogP contribution in [0.1, 0.15) is 25.7 Å². The summed E-state index contributed by atoms with van der Waals surface area (Å²) in [7, 11) is 0. The molecule has 1 aliphatic rings. The highest BCUT2D eigenvalue weighted by molar-refractivity contribution is 4.98. The average molecular weight is 140 g/mol. The zero-order valence-corrected chi connectivity index (χ0v) is 6.29. The van der Waals surface area contributed by atoms with Gasteiger partial charge in [0.2, 0.25) is 0 Å². The maximum Gasteiger partial charge on any atom is 0.0378 e. The number of rotatable bonds is 0. The van der Waals surface area contributed by atoms with E-state index in [-0.39, 0.29) is 12.1 Å². The molecule has 0 amide bonds. The third-order valence-electron chi connectivity index (χ3n) is 2.01. The summed E-state index contributed by atoms with van der Waals surface area (Å²) in [5, 5.41) is 0. The maximum absolute atomic E-state index is 5.77. The first-order valence-electron chi connectivity index (χ1n) is 3.98. The molecule has 0 radical (unpaired) electrons. The monoisotopic (exact) mass is 140 g/mol. The lowest BCUT2D eigenvalue weighted by molar-refractivity contribution is 0.513. The lowest BCUT2D eigenvalue weighted by Gasteiger charge is -2.18. The maximum atomic E-state index is 5.77. The molecule has 2 atom stereocenters. The Kier molecular flexibility index (Phi) is 2.90. The van der Waals surface area contributed by atoms with Crippen molar-refractivity contribution in [2.24, 2.45) is 11.5 Å². The largest absolute Gasteiger partial charge is 0.326 e. The van der Waals surface area contributed by atoms with Crippen LogP contribution in [0.15, 0.2) is 12.2 Å². The van der Waals surface area contributed by atoms with Gasteiger partial charge in [-0.15, -0.1) is 0 Å². The second kappa shape index (κ2) is 3.74. The molecule has 0 aliphatic heterocycles. The van der Waals surface area contributed by atoms with Gasteiger partial charge in [0.15, 0.2) is 0 Å². The van der Waals surface area contributed by atoms with Crippen LogP contribution in [0, 0.1) is 0 Å². The standard InChI is InChI=1S/C8H16N2/c9-7-5-3-1-2-4-6-8(7)10/h3,5,7-8H,1-2,4,6,9-10H2/b5-3+/t7-,8-/m1/s1. The van der Waals surface area contributed by atoms with Crippen molar-refractivity contribution in [2.45, 2.75) is 37.8 Å². The Labute approximate surface area is 62.3 Å². The topological polar surface area (TPSA) is 52.0 Å². The molecule has 0 spiro atoms. The minimum Gasteiger partial charge on any atom is -0.326 e. The summed E-state index contributed by atoms with van der Waals surface area (Å²) in [6, 6.07) is 0.261. The highest BCUT2D eigenvalue weighted by Crippen LogP contribution is 2.09. The predicted molar refractivity (Wildman–Crippen MR) is 43.6 cm³/mol. The molecule has 0 unspecified atom stereocenters. The summed E-state index contributed by atoms with van der Waals surface area (Å²) >= 11 is 0. The first-order valence-corrected chi connectivity index (χ1v) is 3.98. The van der Waals surface area contributed by atoms with Gasteiger partial charge < -0.3 is 11.5 Å². The minimum absolute atomic E-state index is 0.0836. The summed E-state index contributed by atoms with van der Waals surface area (Å²) in [5.41, 5.74) is 11.5. The molecule has 0 bridgehead atoms. The van der Waals surface area contributed by atoms with Gasteiger partial charge in [0, 0.05) is 12.1 Å². The molecule has 0 saturated heterocycles. The molecule has 2 nitrogen and oxygen atoms in total. The van der Waals surface area contributed by atoms with Crippen molar-refractivity contribution in [1.82, 2.24) is 0 Å². The van der Waals surface area contributed by atoms with Crippen molar-refractivity contribution in [3.05, 3.63) is 12.2 Å². The van der Waals surface area contributed by atoms with Crippen LogP contribution in [0.4, 0.5) is 0 Å². The third-order valence-corrected chi connectivity index (χ3v) is 2.01. The van der Waals surface area contributed by atoms with Gasteiger partial charge in [-0.1, -0.05) is 18.6 Å². The highest BCUT2D eigenvalue weighted by atomic mass is 14.8. The van der Waals surface area contributed by atoms with Crippen molar-refractivity contribution < 1.29 is 0 Å². The van der Waals surface area contributed by atoms with E-state index in [0.717, 1.165) is 6.42 Å². The van der Waals surface area contributed by atoms with E-state index in [9.17, 15) is 0 Å². The first kappa shape index (κ1) is 7.76. The number of allylic oxidation sites excluding steroid dienone is 1. The summed E-state index contributed by atoms with van der Waals surface area (Å²) < 4.78 is 0. The summed E-state index contributed by atoms with van der Waals surface area (Å²) in [5.74, 6) is 0. The molecule has 0 heterocycles. The Morgan fingerprint density at radius 3 is 2.80 bits per heavy atom. The molecule has 0 fully saturated rings. The number of hydrogen-bond donors (Lipinski definition) is 2. The molecule has 2 heteroatoms. The van der Waals surface area contributed by atoms with Crippen molar-refractivity contribution >= 4 is 0 Å². The molecular weight excluding hydrogens is 124 g/mol. The molecule has 1 aliphatic carbocycles. The van der Waals surface area contributed by atoms with Gasteiger partial charge in [-0.25, -0.2) is 0 Å². The average Bonchev–Trinajstić information content (AvgIpc) is 1.92. The lowest BCUT2D eigenvalue weighted by atomic mass is 9.99. The van der Waals surface area contributed by atoms with Crippen LogP contribution in [0.25, 0.3) is 0 Å². The van der Waals surface area contributed by atoms with E-state index in [1.165, 1.54) is 19.3 Å². The van der Waals surface area contributed by atoms with Crippen LogP contribution >= 0.6 is 0 Å². The van der Waals surface area contributed by atoms with Gasteiger partial charge >= 0.3 is 0 Å². The van der Waals surface area contributed by atoms with E-state index >= 15 is 0 Å². The summed E-state index contributed by atoms with van der Waals surface area (Å²) in [4.78, 5) is 0. The Morgan fingerprint density at radius 2 is 2.00 bits per heavy atom. The van der Waals surface area contributed by atoms with Crippen LogP contribution in [-0.4, -0.2) is 12.1 Å². The van der Waals surface area contributed by atoms with Gasteiger partial charge in [-0.05, 0) is 19.3 Å². The fraction of sp³-hybridized carbons (Fsp3) is 0.750. The smallest absolute Gasteiger partial charge is 0.0378 e. The van der Waals surface area contributed by atoms with Crippen molar-refractivity contribution in [1.29, 1.82) is 0 Å². The van der Waals surface area contributed by atoms with E-state index in [1.54, 1.807) is 0 Å². The number of nitrogens with two attached hydrogens (primary N) is 2. The molecular formula is C8H16N2. The quantitative estimate of drug-likeness (QED) is 0.488. The predicted octanol–water partition coefficient (Wildman–Crippen LogP) is 0.771. The highest BCUT2D eigenvalue weighted by Gasteiger charge is 2.10. The molecule has 1 rings (SSSR count). The Balaban J connectivity index is 2.44. The molecule has 10 heavy (non-hydrogen) atoms. The Morgan fingerprint density at radius 1 is 1.20 bits per heavy atom. The third kappa shape index (κ3) is 2.12. The first-order chi connectivity index (χ1) is 4.80. The van der Waals surface area contributed by atoms with Gasteiger partial charge in [0.1, 0.15) is 0 Å². The fourth-order valence-corrected chi connectivity index (χ4v) is 1.23. The SMILES string of the molecule is N[C@@H]1/C=C/CCCC[C@H]1N. The molecule has 0 aromatic carbocycles. The van der Waals surface area contributed by atoms with Crippen molar-refractivity contribution in [3.63, 3.8) is 0 Å². The van der Waals surface area contributed by atoms with E-state index in [0.29, 0.717) is 0 Å². The van der Waals surface area contributed by atoms with Crippen LogP contribution in [-0.2, 0) is 0 Å². The van der Waals surface area contributed by atoms with Gasteiger partial charge in [0.05, 0.1) is 0 Å². The van der Waals surface area contributed by atoms with Crippen molar-refractivity contribution in [3.8, 4) is 0 Å². The van der Waals surface area contributed by atoms with Gasteiger partial charge in [0.25, 0.3) is 0 Å². The van der Waals surface area contributed by atoms with E-state index in [2.05, 4.69) is 6.08 Å². The Hall–Kier alpha value is -0.340. The summed E-state index contributed by atoms with van der Waals surface area (Å²) in [6.45, 7) is 0. The van der Waals surface area contributed by atoms with Crippen molar-refractivity contribution in [2.75, 3.05) is 0 Å². The van der Waals surface area contributed by atoms with Crippen LogP contribution in [0.3, 0.4) is 0 Å². The zero-order valence-electron chi connectivity index (χ0n) is 6.29. The van der Waals surface area contributed by atoms with E-state index in [4.69, 9.17) is 11.5 Å². The zero-order chi connectivity index (χ0) is 7.40. The van der Waals surface area contributed by atoms with E-state index in [1.807, 2.05) is 6.08 Å². The van der Waals surface area contributed by atoms with Gasteiger partial charge in [-0.2, -0.15) is 0 Å². The number of hydrogen-bond acceptors (Lipinski definition) is 2. The van der Waals surface area contributed by atoms with E-state index < -0.39 is 0 Å². The molecule has 0 saturated carbocycles. The molecule has 58 valence electrons. The van der Waals surface area contributed by atoms with Crippen LogP contribution < -0.4 is 11.5 Å². The van der Waals surface area contributed by atoms with Crippen LogP contribution in [0.2, 0.25) is 0 Å². The summed E-state index contributed by atoms with van der Waals surface area (Å²) in [6.07, 6.45) is 8.90. The minimum atomic E-state index is 0.0836. The molecule has 0 aromatic heterocycles. The van der Waals surface area contributed by atoms with Gasteiger partial charge in [-0.3, -0.25) is 0 Å². The molecule has 4 N–H and O–H groups in total. The Bertz CT molecular complexity index is 120. The lowest BCUT2D eigenvalue weighted by Crippen LogP contribution is -2.40. The second-order valence-electron chi connectivity index (χ2n) is 2.95. The van der Waals surface area contributed by atoms with Crippen LogP contribution in [0.5, 0.6) is 0 Å². The molecule has 0 aromatic rings. The normalized spacial score (nSPS) is 38.2. The fourth-order valence-electron chi connectivity index (χ4n) is 1.23.